The van der Waals surface area contributed by atoms with E-state index >= 15 is 0 Å². The molecule has 142 valence electrons. The second-order valence-corrected chi connectivity index (χ2v) is 8.88. The Labute approximate surface area is 165 Å². The Morgan fingerprint density at radius 2 is 1.79 bits per heavy atom. The van der Waals surface area contributed by atoms with Crippen LogP contribution >= 0.6 is 0 Å². The molecule has 2 heterocycles. The molecule has 1 unspecified atom stereocenters. The number of carbonyl (C=O) groups excluding carboxylic acids is 1. The summed E-state index contributed by atoms with van der Waals surface area (Å²) in [5, 5.41) is 0. The highest BCUT2D eigenvalue weighted by molar-refractivity contribution is 5.95. The Hall–Kier alpha value is -2.23. The fraction of sp³-hybridized carbons (Fsp3) is 0.400. The Balaban J connectivity index is 1.58. The molecule has 0 amide bonds. The number of carbonyl (C=O) groups is 1. The van der Waals surface area contributed by atoms with E-state index in [-0.39, 0.29) is 5.78 Å². The predicted molar refractivity (Wildman–Crippen MR) is 107 cm³/mol. The number of fused-ring (bicyclic) bond motifs is 4. The zero-order valence-corrected chi connectivity index (χ0v) is 16.1. The van der Waals surface area contributed by atoms with Gasteiger partial charge >= 0.3 is 0 Å². The summed E-state index contributed by atoms with van der Waals surface area (Å²) in [6, 6.07) is 18.8. The summed E-state index contributed by atoms with van der Waals surface area (Å²) >= 11 is 0. The van der Waals surface area contributed by atoms with Crippen LogP contribution in [0.15, 0.2) is 60.2 Å². The molecule has 0 N–H and O–H groups in total. The summed E-state index contributed by atoms with van der Waals surface area (Å²) in [6.07, 6.45) is 6.15. The molecule has 2 aliphatic carbocycles. The second-order valence-electron chi connectivity index (χ2n) is 8.88. The molecule has 2 aromatic rings. The molecule has 2 aliphatic heterocycles. The van der Waals surface area contributed by atoms with Gasteiger partial charge in [-0.2, -0.15) is 0 Å². The van der Waals surface area contributed by atoms with Crippen molar-refractivity contribution in [3.8, 4) is 0 Å². The van der Waals surface area contributed by atoms with Gasteiger partial charge in [0.25, 0.3) is 0 Å². The highest BCUT2D eigenvalue weighted by Gasteiger charge is 2.78. The number of benzene rings is 2. The molecule has 2 saturated heterocycles. The Morgan fingerprint density at radius 3 is 2.64 bits per heavy atom. The lowest BCUT2D eigenvalue weighted by Gasteiger charge is -2.47. The van der Waals surface area contributed by atoms with E-state index in [9.17, 15) is 4.79 Å². The van der Waals surface area contributed by atoms with Crippen LogP contribution in [0.1, 0.15) is 49.3 Å². The van der Waals surface area contributed by atoms with Gasteiger partial charge in [-0.15, -0.1) is 0 Å². The van der Waals surface area contributed by atoms with Crippen molar-refractivity contribution >= 4 is 11.9 Å². The summed E-state index contributed by atoms with van der Waals surface area (Å²) in [4.78, 5) is 13.6. The van der Waals surface area contributed by atoms with E-state index in [1.54, 1.807) is 0 Å². The van der Waals surface area contributed by atoms with Gasteiger partial charge in [-0.1, -0.05) is 60.7 Å². The third-order valence-corrected chi connectivity index (χ3v) is 7.51. The van der Waals surface area contributed by atoms with Crippen LogP contribution in [0.3, 0.4) is 0 Å². The lowest BCUT2D eigenvalue weighted by molar-refractivity contribution is -0.221. The van der Waals surface area contributed by atoms with Crippen molar-refractivity contribution in [3.63, 3.8) is 0 Å². The van der Waals surface area contributed by atoms with Crippen LogP contribution < -0.4 is 0 Å². The standard InChI is InChI=1S/C25H24O3/c1-23-14-7-15-24(23)27-22(21(23)26)25(28-24)19(16-17-8-3-2-4-9-17)13-12-18-10-5-6-11-20(18)25/h2-6,8-11,16,22H,7,12-15H2,1H3/b19-16+/t22-,23+,24-,25?/m0/s1. The van der Waals surface area contributed by atoms with E-state index in [0.29, 0.717) is 0 Å². The van der Waals surface area contributed by atoms with Crippen LogP contribution in [0.25, 0.3) is 6.08 Å². The van der Waals surface area contributed by atoms with E-state index in [4.69, 9.17) is 9.47 Å². The Bertz CT molecular complexity index is 1010. The number of ketones is 1. The Kier molecular flexibility index (Phi) is 3.24. The minimum absolute atomic E-state index is 0.229. The van der Waals surface area contributed by atoms with E-state index in [1.165, 1.54) is 11.1 Å². The third kappa shape index (κ3) is 1.84. The van der Waals surface area contributed by atoms with Crippen molar-refractivity contribution in [1.82, 2.24) is 0 Å². The average molecular weight is 372 g/mol. The van der Waals surface area contributed by atoms with Gasteiger partial charge in [-0.3, -0.25) is 4.79 Å². The molecule has 4 atom stereocenters. The maximum absolute atomic E-state index is 13.6. The molecule has 6 rings (SSSR count). The molecule has 0 aromatic heterocycles. The molecule has 3 heteroatoms. The van der Waals surface area contributed by atoms with Crippen molar-refractivity contribution in [2.45, 2.75) is 56.5 Å². The minimum atomic E-state index is -0.786. The second kappa shape index (κ2) is 5.43. The molecule has 2 aromatic carbocycles. The number of hydrogen-bond donors (Lipinski definition) is 0. The van der Waals surface area contributed by atoms with Crippen LogP contribution in [-0.2, 0) is 26.3 Å². The van der Waals surface area contributed by atoms with Crippen LogP contribution in [0.4, 0.5) is 0 Å². The van der Waals surface area contributed by atoms with Crippen LogP contribution in [0.2, 0.25) is 0 Å². The molecule has 2 bridgehead atoms. The van der Waals surface area contributed by atoms with E-state index < -0.39 is 22.9 Å². The van der Waals surface area contributed by atoms with Crippen molar-refractivity contribution < 1.29 is 14.3 Å². The van der Waals surface area contributed by atoms with Gasteiger partial charge in [0.2, 0.25) is 0 Å². The molecular weight excluding hydrogens is 348 g/mol. The third-order valence-electron chi connectivity index (χ3n) is 7.51. The zero-order chi connectivity index (χ0) is 19.0. The number of rotatable bonds is 1. The summed E-state index contributed by atoms with van der Waals surface area (Å²) < 4.78 is 13.5. The fourth-order valence-electron chi connectivity index (χ4n) is 6.03. The van der Waals surface area contributed by atoms with Gasteiger partial charge in [0.05, 0.1) is 5.41 Å². The quantitative estimate of drug-likeness (QED) is 0.722. The fourth-order valence-corrected chi connectivity index (χ4v) is 6.03. The maximum Gasteiger partial charge on any atom is 0.183 e. The summed E-state index contributed by atoms with van der Waals surface area (Å²) in [7, 11) is 0. The zero-order valence-electron chi connectivity index (χ0n) is 16.1. The van der Waals surface area contributed by atoms with E-state index in [0.717, 1.165) is 43.2 Å². The first-order valence-corrected chi connectivity index (χ1v) is 10.4. The molecule has 3 fully saturated rings. The number of ether oxygens (including phenoxy) is 2. The van der Waals surface area contributed by atoms with Crippen LogP contribution in [-0.4, -0.2) is 17.7 Å². The van der Waals surface area contributed by atoms with Gasteiger partial charge in [0.15, 0.2) is 23.3 Å². The monoisotopic (exact) mass is 372 g/mol. The van der Waals surface area contributed by atoms with Crippen molar-refractivity contribution in [3.05, 3.63) is 76.9 Å². The van der Waals surface area contributed by atoms with Gasteiger partial charge in [0.1, 0.15) is 0 Å². The largest absolute Gasteiger partial charge is 0.334 e. The average Bonchev–Trinajstić information content (AvgIpc) is 3.30. The molecule has 3 nitrogen and oxygen atoms in total. The van der Waals surface area contributed by atoms with Gasteiger partial charge in [0, 0.05) is 6.42 Å². The Morgan fingerprint density at radius 1 is 1.00 bits per heavy atom. The van der Waals surface area contributed by atoms with Gasteiger partial charge < -0.3 is 9.47 Å². The predicted octanol–water partition coefficient (Wildman–Crippen LogP) is 4.80. The maximum atomic E-state index is 13.6. The molecule has 0 radical (unpaired) electrons. The van der Waals surface area contributed by atoms with Crippen molar-refractivity contribution in [1.29, 1.82) is 0 Å². The number of Topliss-reactive ketones (excluding diaryl/α,β-unsaturated/α-hetero) is 1. The SMILES string of the molecule is C[C@]12CCC[C@@]13O[C@@H](C2=O)C1(O3)/C(=C/c2ccccc2)CCc2ccccc21. The highest BCUT2D eigenvalue weighted by atomic mass is 16.8. The molecular formula is C25H24O3. The molecule has 28 heavy (non-hydrogen) atoms. The lowest BCUT2D eigenvalue weighted by atomic mass is 9.65. The number of aryl methyl sites for hydroxylation is 1. The summed E-state index contributed by atoms with van der Waals surface area (Å²) in [5.41, 5.74) is 3.41. The van der Waals surface area contributed by atoms with Crippen LogP contribution in [0, 0.1) is 5.41 Å². The molecule has 2 spiro atoms. The van der Waals surface area contributed by atoms with E-state index in [2.05, 4.69) is 42.5 Å². The normalized spacial score (nSPS) is 39.5. The lowest BCUT2D eigenvalue weighted by Crippen LogP contribution is -2.56. The van der Waals surface area contributed by atoms with Crippen molar-refractivity contribution in [2.75, 3.05) is 0 Å². The van der Waals surface area contributed by atoms with Crippen LogP contribution in [0.5, 0.6) is 0 Å². The first-order valence-electron chi connectivity index (χ1n) is 10.4. The molecule has 4 aliphatic rings. The van der Waals surface area contributed by atoms with Gasteiger partial charge in [-0.25, -0.2) is 0 Å². The van der Waals surface area contributed by atoms with Crippen molar-refractivity contribution in [2.24, 2.45) is 5.41 Å². The smallest absolute Gasteiger partial charge is 0.183 e. The first kappa shape index (κ1) is 16.7. The highest BCUT2D eigenvalue weighted by Crippen LogP contribution is 2.68. The first-order chi connectivity index (χ1) is 13.6. The topological polar surface area (TPSA) is 35.5 Å². The summed E-state index contributed by atoms with van der Waals surface area (Å²) in [6.45, 7) is 2.05. The van der Waals surface area contributed by atoms with E-state index in [1.807, 2.05) is 25.1 Å². The minimum Gasteiger partial charge on any atom is -0.334 e. The summed E-state index contributed by atoms with van der Waals surface area (Å²) in [5.74, 6) is -0.540. The number of hydrogen-bond acceptors (Lipinski definition) is 3. The van der Waals surface area contributed by atoms with Gasteiger partial charge in [-0.05, 0) is 54.9 Å². The molecule has 1 saturated carbocycles.